The van der Waals surface area contributed by atoms with E-state index < -0.39 is 6.10 Å². The summed E-state index contributed by atoms with van der Waals surface area (Å²) in [6.07, 6.45) is -0.737. The molecule has 0 aliphatic carbocycles. The fraction of sp³-hybridized carbons (Fsp3) is 0.300. The number of hydrogen-bond acceptors (Lipinski definition) is 3. The molecule has 80 valence electrons. The van der Waals surface area contributed by atoms with Crippen LogP contribution in [0.4, 0.5) is 0 Å². The van der Waals surface area contributed by atoms with Crippen molar-refractivity contribution in [2.75, 3.05) is 5.88 Å². The van der Waals surface area contributed by atoms with E-state index in [4.69, 9.17) is 27.6 Å². The van der Waals surface area contributed by atoms with Crippen molar-refractivity contribution in [2.45, 2.75) is 13.0 Å². The standard InChI is InChI=1S/C10H9Cl2NO2/c1-5-13-10-7(12)2-6(8(14)4-11)3-9(10)15-5/h2-3,8,14H,4H2,1H3. The number of aryl methyl sites for hydroxylation is 1. The molecule has 1 unspecified atom stereocenters. The highest BCUT2D eigenvalue weighted by Gasteiger charge is 2.13. The zero-order valence-corrected chi connectivity index (χ0v) is 9.51. The predicted molar refractivity (Wildman–Crippen MR) is 59.4 cm³/mol. The highest BCUT2D eigenvalue weighted by Crippen LogP contribution is 2.28. The van der Waals surface area contributed by atoms with Crippen LogP contribution in [-0.2, 0) is 0 Å². The molecule has 0 amide bonds. The Balaban J connectivity index is 2.61. The van der Waals surface area contributed by atoms with Crippen LogP contribution in [0.3, 0.4) is 0 Å². The van der Waals surface area contributed by atoms with E-state index >= 15 is 0 Å². The van der Waals surface area contributed by atoms with Gasteiger partial charge in [-0.25, -0.2) is 4.98 Å². The Kier molecular flexibility index (Phi) is 2.87. The molecule has 1 atom stereocenters. The van der Waals surface area contributed by atoms with Crippen molar-refractivity contribution in [3.63, 3.8) is 0 Å². The molecule has 1 heterocycles. The van der Waals surface area contributed by atoms with Gasteiger partial charge in [0.1, 0.15) is 5.52 Å². The first-order valence-electron chi connectivity index (χ1n) is 4.42. The summed E-state index contributed by atoms with van der Waals surface area (Å²) in [6.45, 7) is 1.74. The molecule has 0 saturated carbocycles. The second-order valence-corrected chi connectivity index (χ2v) is 3.97. The van der Waals surface area contributed by atoms with Crippen molar-refractivity contribution in [1.82, 2.24) is 4.98 Å². The maximum Gasteiger partial charge on any atom is 0.192 e. The quantitative estimate of drug-likeness (QED) is 0.828. The van der Waals surface area contributed by atoms with Crippen molar-refractivity contribution in [1.29, 1.82) is 0 Å². The summed E-state index contributed by atoms with van der Waals surface area (Å²) >= 11 is 11.6. The average molecular weight is 246 g/mol. The summed E-state index contributed by atoms with van der Waals surface area (Å²) in [7, 11) is 0. The molecule has 2 rings (SSSR count). The van der Waals surface area contributed by atoms with Crippen LogP contribution in [0.5, 0.6) is 0 Å². The first kappa shape index (κ1) is 10.7. The molecule has 1 aromatic carbocycles. The summed E-state index contributed by atoms with van der Waals surface area (Å²) in [4.78, 5) is 4.13. The number of alkyl halides is 1. The van der Waals surface area contributed by atoms with E-state index in [2.05, 4.69) is 4.98 Å². The summed E-state index contributed by atoms with van der Waals surface area (Å²) in [5, 5.41) is 10.0. The summed E-state index contributed by atoms with van der Waals surface area (Å²) in [6, 6.07) is 3.35. The number of hydrogen-bond donors (Lipinski definition) is 1. The number of rotatable bonds is 2. The Morgan fingerprint density at radius 3 is 2.93 bits per heavy atom. The van der Waals surface area contributed by atoms with Crippen LogP contribution in [0.1, 0.15) is 17.6 Å². The van der Waals surface area contributed by atoms with Gasteiger partial charge in [-0.3, -0.25) is 0 Å². The van der Waals surface area contributed by atoms with Crippen molar-refractivity contribution >= 4 is 34.3 Å². The first-order chi connectivity index (χ1) is 7.11. The molecule has 1 N–H and O–H groups in total. The number of halogens is 2. The Morgan fingerprint density at radius 1 is 1.53 bits per heavy atom. The van der Waals surface area contributed by atoms with Gasteiger partial charge in [-0.05, 0) is 17.7 Å². The SMILES string of the molecule is Cc1nc2c(Cl)cc(C(O)CCl)cc2o1. The van der Waals surface area contributed by atoms with Crippen LogP contribution in [-0.4, -0.2) is 16.0 Å². The molecule has 5 heteroatoms. The molecule has 0 radical (unpaired) electrons. The second-order valence-electron chi connectivity index (χ2n) is 3.25. The third-order valence-electron chi connectivity index (χ3n) is 2.11. The molecule has 0 aliphatic heterocycles. The smallest absolute Gasteiger partial charge is 0.192 e. The number of aliphatic hydroxyl groups excluding tert-OH is 1. The van der Waals surface area contributed by atoms with E-state index in [1.807, 2.05) is 0 Å². The maximum absolute atomic E-state index is 9.57. The number of aromatic nitrogens is 1. The predicted octanol–water partition coefficient (Wildman–Crippen LogP) is 3.06. The molecule has 0 spiro atoms. The Hall–Kier alpha value is -0.770. The van der Waals surface area contributed by atoms with Gasteiger partial charge in [-0.15, -0.1) is 11.6 Å². The normalized spacial score (nSPS) is 13.3. The topological polar surface area (TPSA) is 46.3 Å². The van der Waals surface area contributed by atoms with E-state index in [1.54, 1.807) is 19.1 Å². The lowest BCUT2D eigenvalue weighted by atomic mass is 10.1. The molecule has 0 saturated heterocycles. The third kappa shape index (κ3) is 1.95. The lowest BCUT2D eigenvalue weighted by molar-refractivity contribution is 0.202. The van der Waals surface area contributed by atoms with E-state index in [0.717, 1.165) is 0 Å². The molecule has 2 aromatic rings. The fourth-order valence-corrected chi connectivity index (χ4v) is 1.84. The monoisotopic (exact) mass is 245 g/mol. The van der Waals surface area contributed by atoms with Crippen LogP contribution >= 0.6 is 23.2 Å². The lowest BCUT2D eigenvalue weighted by Gasteiger charge is -2.06. The lowest BCUT2D eigenvalue weighted by Crippen LogP contribution is -1.98. The minimum absolute atomic E-state index is 0.120. The van der Waals surface area contributed by atoms with Crippen molar-refractivity contribution in [3.8, 4) is 0 Å². The Bertz CT molecular complexity index is 495. The molecule has 0 aliphatic rings. The minimum atomic E-state index is -0.737. The average Bonchev–Trinajstić information content (AvgIpc) is 2.58. The van der Waals surface area contributed by atoms with Crippen molar-refractivity contribution < 1.29 is 9.52 Å². The van der Waals surface area contributed by atoms with Crippen LogP contribution in [0.25, 0.3) is 11.1 Å². The first-order valence-corrected chi connectivity index (χ1v) is 5.33. The molecular formula is C10H9Cl2NO2. The highest BCUT2D eigenvalue weighted by atomic mass is 35.5. The third-order valence-corrected chi connectivity index (χ3v) is 2.69. The van der Waals surface area contributed by atoms with Crippen LogP contribution in [0, 0.1) is 6.92 Å². The number of fused-ring (bicyclic) bond motifs is 1. The van der Waals surface area contributed by atoms with Gasteiger partial charge in [0.2, 0.25) is 0 Å². The molecule has 3 nitrogen and oxygen atoms in total. The van der Waals surface area contributed by atoms with Crippen molar-refractivity contribution in [3.05, 3.63) is 28.6 Å². The maximum atomic E-state index is 9.57. The molecular weight excluding hydrogens is 237 g/mol. The van der Waals surface area contributed by atoms with Gasteiger partial charge in [0.25, 0.3) is 0 Å². The van der Waals surface area contributed by atoms with Gasteiger partial charge in [0.15, 0.2) is 11.5 Å². The number of nitrogens with zero attached hydrogens (tertiary/aromatic N) is 1. The minimum Gasteiger partial charge on any atom is -0.441 e. The Labute approximate surface area is 96.6 Å². The van der Waals surface area contributed by atoms with Gasteiger partial charge in [-0.2, -0.15) is 0 Å². The largest absolute Gasteiger partial charge is 0.441 e. The van der Waals surface area contributed by atoms with E-state index in [1.165, 1.54) is 0 Å². The van der Waals surface area contributed by atoms with E-state index in [-0.39, 0.29) is 5.88 Å². The second kappa shape index (κ2) is 4.00. The van der Waals surface area contributed by atoms with Crippen LogP contribution in [0.2, 0.25) is 5.02 Å². The zero-order valence-electron chi connectivity index (χ0n) is 8.00. The number of aliphatic hydroxyl groups is 1. The van der Waals surface area contributed by atoms with Gasteiger partial charge in [0.05, 0.1) is 17.0 Å². The highest BCUT2D eigenvalue weighted by molar-refractivity contribution is 6.34. The molecule has 0 fully saturated rings. The van der Waals surface area contributed by atoms with E-state index in [9.17, 15) is 5.11 Å². The Morgan fingerprint density at radius 2 is 2.27 bits per heavy atom. The van der Waals surface area contributed by atoms with Crippen molar-refractivity contribution in [2.24, 2.45) is 0 Å². The summed E-state index contributed by atoms with van der Waals surface area (Å²) in [5.74, 6) is 0.666. The molecule has 0 bridgehead atoms. The van der Waals surface area contributed by atoms with Crippen LogP contribution < -0.4 is 0 Å². The van der Waals surface area contributed by atoms with Gasteiger partial charge >= 0.3 is 0 Å². The van der Waals surface area contributed by atoms with Crippen LogP contribution in [0.15, 0.2) is 16.5 Å². The summed E-state index contributed by atoms with van der Waals surface area (Å²) in [5.41, 5.74) is 1.82. The van der Waals surface area contributed by atoms with Gasteiger partial charge in [-0.1, -0.05) is 11.6 Å². The van der Waals surface area contributed by atoms with E-state index in [0.29, 0.717) is 27.6 Å². The number of benzene rings is 1. The zero-order chi connectivity index (χ0) is 11.0. The van der Waals surface area contributed by atoms with Gasteiger partial charge < -0.3 is 9.52 Å². The number of oxazole rings is 1. The molecule has 1 aromatic heterocycles. The van der Waals surface area contributed by atoms with Gasteiger partial charge in [0, 0.05) is 6.92 Å². The fourth-order valence-electron chi connectivity index (χ4n) is 1.40. The summed E-state index contributed by atoms with van der Waals surface area (Å²) < 4.78 is 5.33. The molecule has 15 heavy (non-hydrogen) atoms.